The van der Waals surface area contributed by atoms with Crippen LogP contribution in [0.25, 0.3) is 0 Å². The average Bonchev–Trinajstić information content (AvgIpc) is 2.79. The summed E-state index contributed by atoms with van der Waals surface area (Å²) in [5.41, 5.74) is 0.566. The Labute approximate surface area is 185 Å². The number of likely N-dealkylation sites (tertiary alicyclic amines) is 1. The van der Waals surface area contributed by atoms with Crippen LogP contribution in [0.15, 0.2) is 29.2 Å². The maximum atomic E-state index is 12.7. The monoisotopic (exact) mass is 451 g/mol. The lowest BCUT2D eigenvalue weighted by molar-refractivity contribution is -0.149. The van der Waals surface area contributed by atoms with Crippen molar-refractivity contribution < 1.29 is 22.7 Å². The quantitative estimate of drug-likeness (QED) is 0.640. The van der Waals surface area contributed by atoms with Crippen LogP contribution >= 0.6 is 0 Å². The Bertz CT molecular complexity index is 858. The van der Waals surface area contributed by atoms with Crippen LogP contribution in [0, 0.1) is 5.92 Å². The van der Waals surface area contributed by atoms with E-state index in [9.17, 15) is 18.0 Å². The zero-order valence-corrected chi connectivity index (χ0v) is 19.2. The molecule has 0 radical (unpaired) electrons. The summed E-state index contributed by atoms with van der Waals surface area (Å²) in [6.45, 7) is 6.47. The number of ether oxygens (including phenoxy) is 1. The highest BCUT2D eigenvalue weighted by molar-refractivity contribution is 7.89. The van der Waals surface area contributed by atoms with E-state index in [4.69, 9.17) is 4.74 Å². The van der Waals surface area contributed by atoms with Gasteiger partial charge in [0, 0.05) is 18.8 Å². The Balaban J connectivity index is 1.54. The van der Waals surface area contributed by atoms with Crippen LogP contribution in [0.4, 0.5) is 5.69 Å². The van der Waals surface area contributed by atoms with E-state index >= 15 is 0 Å². The lowest BCUT2D eigenvalue weighted by Crippen LogP contribution is -2.47. The first-order chi connectivity index (χ1) is 14.8. The largest absolute Gasteiger partial charge is 0.466 e. The minimum Gasteiger partial charge on any atom is -0.466 e. The molecule has 2 saturated heterocycles. The number of sulfonamides is 1. The highest BCUT2D eigenvalue weighted by Crippen LogP contribution is 2.23. The summed E-state index contributed by atoms with van der Waals surface area (Å²) in [6.07, 6.45) is 4.21. The van der Waals surface area contributed by atoms with Crippen molar-refractivity contribution in [3.63, 3.8) is 0 Å². The van der Waals surface area contributed by atoms with Gasteiger partial charge < -0.3 is 10.1 Å². The summed E-state index contributed by atoms with van der Waals surface area (Å²) >= 11 is 0. The van der Waals surface area contributed by atoms with Gasteiger partial charge in [0.05, 0.1) is 23.5 Å². The lowest BCUT2D eigenvalue weighted by Gasteiger charge is -2.34. The van der Waals surface area contributed by atoms with Gasteiger partial charge in [0.25, 0.3) is 0 Å². The number of anilines is 1. The number of carbonyl (C=O) groups is 2. The van der Waals surface area contributed by atoms with Crippen molar-refractivity contribution in [3.05, 3.63) is 24.3 Å². The Morgan fingerprint density at radius 1 is 1.06 bits per heavy atom. The van der Waals surface area contributed by atoms with Crippen molar-refractivity contribution in [1.29, 1.82) is 0 Å². The Morgan fingerprint density at radius 3 is 2.26 bits per heavy atom. The fourth-order valence-corrected chi connectivity index (χ4v) is 5.68. The highest BCUT2D eigenvalue weighted by atomic mass is 32.2. The van der Waals surface area contributed by atoms with E-state index in [1.165, 1.54) is 4.31 Å². The molecule has 3 rings (SSSR count). The van der Waals surface area contributed by atoms with Crippen LogP contribution in [-0.4, -0.2) is 68.3 Å². The molecule has 31 heavy (non-hydrogen) atoms. The highest BCUT2D eigenvalue weighted by Gasteiger charge is 2.30. The van der Waals surface area contributed by atoms with E-state index < -0.39 is 10.0 Å². The van der Waals surface area contributed by atoms with Gasteiger partial charge in [-0.2, -0.15) is 4.31 Å². The number of nitrogens with one attached hydrogen (secondary N) is 1. The standard InChI is InChI=1S/C22H33N3O5S/c1-3-30-22(27)18-11-15-24(16-12-18)17(2)21(26)23-19-7-9-20(10-8-19)31(28,29)25-13-5-4-6-14-25/h7-10,17-18H,3-6,11-16H2,1-2H3,(H,23,26). The van der Waals surface area contributed by atoms with E-state index in [0.717, 1.165) is 19.3 Å². The second kappa shape index (κ2) is 10.6. The van der Waals surface area contributed by atoms with Gasteiger partial charge in [-0.3, -0.25) is 14.5 Å². The van der Waals surface area contributed by atoms with Gasteiger partial charge in [-0.1, -0.05) is 6.42 Å². The molecule has 0 spiro atoms. The topological polar surface area (TPSA) is 96.0 Å². The van der Waals surface area contributed by atoms with Crippen LogP contribution in [0.2, 0.25) is 0 Å². The Kier molecular flexibility index (Phi) is 8.07. The fraction of sp³-hybridized carbons (Fsp3) is 0.636. The number of benzene rings is 1. The number of nitrogens with zero attached hydrogens (tertiary/aromatic N) is 2. The maximum Gasteiger partial charge on any atom is 0.309 e. The minimum absolute atomic E-state index is 0.0964. The molecule has 0 bridgehead atoms. The van der Waals surface area contributed by atoms with Gasteiger partial charge in [-0.25, -0.2) is 8.42 Å². The molecule has 2 aliphatic heterocycles. The first-order valence-corrected chi connectivity index (χ1v) is 12.6. The van der Waals surface area contributed by atoms with Crippen LogP contribution in [0.5, 0.6) is 0 Å². The maximum absolute atomic E-state index is 12.7. The normalized spacial score (nSPS) is 20.2. The molecule has 2 aliphatic rings. The third-order valence-corrected chi connectivity index (χ3v) is 8.06. The molecule has 9 heteroatoms. The number of carbonyl (C=O) groups excluding carboxylic acids is 2. The zero-order chi connectivity index (χ0) is 22.4. The van der Waals surface area contributed by atoms with Crippen molar-refractivity contribution in [1.82, 2.24) is 9.21 Å². The van der Waals surface area contributed by atoms with Crippen molar-refractivity contribution in [3.8, 4) is 0 Å². The predicted octanol–water partition coefficient (Wildman–Crippen LogP) is 2.46. The van der Waals surface area contributed by atoms with Crippen LogP contribution in [0.3, 0.4) is 0 Å². The molecular formula is C22H33N3O5S. The van der Waals surface area contributed by atoms with Gasteiger partial charge in [0.2, 0.25) is 15.9 Å². The minimum atomic E-state index is -3.48. The van der Waals surface area contributed by atoms with E-state index in [1.54, 1.807) is 31.2 Å². The van der Waals surface area contributed by atoms with Crippen molar-refractivity contribution in [2.24, 2.45) is 5.92 Å². The fourth-order valence-electron chi connectivity index (χ4n) is 4.16. The van der Waals surface area contributed by atoms with Crippen LogP contribution in [-0.2, 0) is 24.3 Å². The summed E-state index contributed by atoms with van der Waals surface area (Å²) in [4.78, 5) is 26.9. The molecule has 1 atom stereocenters. The molecule has 2 fully saturated rings. The summed E-state index contributed by atoms with van der Waals surface area (Å²) in [7, 11) is -3.48. The van der Waals surface area contributed by atoms with Crippen LogP contribution in [0.1, 0.15) is 46.0 Å². The van der Waals surface area contributed by atoms with E-state index in [1.807, 2.05) is 6.92 Å². The Hall–Kier alpha value is -1.97. The summed E-state index contributed by atoms with van der Waals surface area (Å²) < 4.78 is 32.1. The number of hydrogen-bond acceptors (Lipinski definition) is 6. The molecule has 1 aromatic rings. The van der Waals surface area contributed by atoms with Gasteiger partial charge in [0.1, 0.15) is 0 Å². The molecule has 1 N–H and O–H groups in total. The number of hydrogen-bond donors (Lipinski definition) is 1. The average molecular weight is 452 g/mol. The SMILES string of the molecule is CCOC(=O)C1CCN(C(C)C(=O)Nc2ccc(S(=O)(=O)N3CCCCC3)cc2)CC1. The first-order valence-electron chi connectivity index (χ1n) is 11.1. The van der Waals surface area contributed by atoms with Gasteiger partial charge in [-0.15, -0.1) is 0 Å². The number of esters is 1. The van der Waals surface area contributed by atoms with Crippen molar-refractivity contribution >= 4 is 27.6 Å². The van der Waals surface area contributed by atoms with Crippen LogP contribution < -0.4 is 5.32 Å². The second-order valence-corrected chi connectivity index (χ2v) is 10.2. The van der Waals surface area contributed by atoms with Gasteiger partial charge >= 0.3 is 5.97 Å². The molecule has 2 heterocycles. The Morgan fingerprint density at radius 2 is 1.68 bits per heavy atom. The molecule has 172 valence electrons. The lowest BCUT2D eigenvalue weighted by atomic mass is 9.96. The van der Waals surface area contributed by atoms with Crippen molar-refractivity contribution in [2.45, 2.75) is 56.9 Å². The van der Waals surface area contributed by atoms with E-state index in [-0.39, 0.29) is 28.7 Å². The third kappa shape index (κ3) is 5.84. The number of rotatable bonds is 7. The number of amides is 1. The summed E-state index contributed by atoms with van der Waals surface area (Å²) in [5, 5.41) is 2.87. The zero-order valence-electron chi connectivity index (χ0n) is 18.4. The molecule has 0 aromatic heterocycles. The molecule has 8 nitrogen and oxygen atoms in total. The molecule has 0 saturated carbocycles. The molecule has 0 aliphatic carbocycles. The molecular weight excluding hydrogens is 418 g/mol. The predicted molar refractivity (Wildman–Crippen MR) is 118 cm³/mol. The van der Waals surface area contributed by atoms with Gasteiger partial charge in [0.15, 0.2) is 0 Å². The third-order valence-electron chi connectivity index (χ3n) is 6.15. The van der Waals surface area contributed by atoms with Gasteiger partial charge in [-0.05, 0) is 76.9 Å². The molecule has 1 amide bonds. The summed E-state index contributed by atoms with van der Waals surface area (Å²) in [6, 6.07) is 6.02. The second-order valence-electron chi connectivity index (χ2n) is 8.22. The molecule has 1 unspecified atom stereocenters. The summed E-state index contributed by atoms with van der Waals surface area (Å²) in [5.74, 6) is -0.402. The first kappa shape index (κ1) is 23.7. The van der Waals surface area contributed by atoms with E-state index in [2.05, 4.69) is 10.2 Å². The molecule has 1 aromatic carbocycles. The van der Waals surface area contributed by atoms with E-state index in [0.29, 0.717) is 51.3 Å². The number of piperidine rings is 2. The van der Waals surface area contributed by atoms with Crippen molar-refractivity contribution in [2.75, 3.05) is 38.1 Å². The smallest absolute Gasteiger partial charge is 0.309 e.